The lowest BCUT2D eigenvalue weighted by molar-refractivity contribution is -0.111. The molecule has 4 rings (SSSR count). The van der Waals surface area contributed by atoms with Gasteiger partial charge >= 0.3 is 0 Å². The van der Waals surface area contributed by atoms with Crippen molar-refractivity contribution in [3.8, 4) is 17.2 Å². The van der Waals surface area contributed by atoms with E-state index in [9.17, 15) is 4.79 Å². The molecule has 8 nitrogen and oxygen atoms in total. The van der Waals surface area contributed by atoms with E-state index in [1.54, 1.807) is 39.5 Å². The zero-order valence-electron chi connectivity index (χ0n) is 18.9. The van der Waals surface area contributed by atoms with Gasteiger partial charge in [-0.05, 0) is 41.5 Å². The fraction of sp³-hybridized carbons (Fsp3) is 0.333. The highest BCUT2D eigenvalue weighted by Crippen LogP contribution is 2.38. The zero-order valence-corrected chi connectivity index (χ0v) is 19.7. The summed E-state index contributed by atoms with van der Waals surface area (Å²) >= 11 is 1.46. The minimum atomic E-state index is -0.267. The van der Waals surface area contributed by atoms with Crippen LogP contribution in [0.25, 0.3) is 16.3 Å². The molecule has 1 aromatic heterocycles. The Bertz CT molecular complexity index is 1130. The zero-order chi connectivity index (χ0) is 23.2. The van der Waals surface area contributed by atoms with Crippen molar-refractivity contribution in [2.45, 2.75) is 6.54 Å². The van der Waals surface area contributed by atoms with Crippen LogP contribution in [0.1, 0.15) is 11.1 Å². The maximum atomic E-state index is 12.5. The van der Waals surface area contributed by atoms with Gasteiger partial charge in [-0.25, -0.2) is 4.98 Å². The van der Waals surface area contributed by atoms with Gasteiger partial charge in [-0.15, -0.1) is 0 Å². The average Bonchev–Trinajstić information content (AvgIpc) is 3.24. The Hall–Kier alpha value is -3.14. The summed E-state index contributed by atoms with van der Waals surface area (Å²) in [6.07, 6.45) is 3.14. The number of nitrogens with zero attached hydrogens (tertiary/aromatic N) is 2. The number of aromatic nitrogens is 1. The van der Waals surface area contributed by atoms with Gasteiger partial charge < -0.3 is 18.9 Å². The highest BCUT2D eigenvalue weighted by atomic mass is 32.1. The molecule has 1 amide bonds. The molecular formula is C24H27N3O5S. The van der Waals surface area contributed by atoms with E-state index < -0.39 is 0 Å². The van der Waals surface area contributed by atoms with Gasteiger partial charge in [-0.1, -0.05) is 17.4 Å². The highest BCUT2D eigenvalue weighted by Gasteiger charge is 2.14. The number of carbonyl (C=O) groups excluding carboxylic acids is 1. The molecule has 9 heteroatoms. The van der Waals surface area contributed by atoms with Crippen molar-refractivity contribution in [2.24, 2.45) is 0 Å². The third kappa shape index (κ3) is 5.62. The molecule has 1 fully saturated rings. The van der Waals surface area contributed by atoms with Crippen molar-refractivity contribution in [2.75, 3.05) is 52.9 Å². The van der Waals surface area contributed by atoms with Crippen molar-refractivity contribution < 1.29 is 23.7 Å². The Morgan fingerprint density at radius 1 is 1.12 bits per heavy atom. The maximum absolute atomic E-state index is 12.5. The van der Waals surface area contributed by atoms with Crippen molar-refractivity contribution in [3.05, 3.63) is 47.5 Å². The molecule has 2 aromatic carbocycles. The van der Waals surface area contributed by atoms with Crippen molar-refractivity contribution in [1.29, 1.82) is 0 Å². The molecule has 174 valence electrons. The summed E-state index contributed by atoms with van der Waals surface area (Å²) < 4.78 is 22.5. The Morgan fingerprint density at radius 3 is 2.52 bits per heavy atom. The van der Waals surface area contributed by atoms with Crippen LogP contribution in [0, 0.1) is 0 Å². The number of anilines is 1. The largest absolute Gasteiger partial charge is 0.493 e. The van der Waals surface area contributed by atoms with Crippen LogP contribution in [-0.4, -0.2) is 63.4 Å². The van der Waals surface area contributed by atoms with Crippen molar-refractivity contribution in [3.63, 3.8) is 0 Å². The molecule has 33 heavy (non-hydrogen) atoms. The van der Waals surface area contributed by atoms with E-state index in [-0.39, 0.29) is 5.91 Å². The Labute approximate surface area is 196 Å². The first kappa shape index (κ1) is 23.0. The van der Waals surface area contributed by atoms with Crippen molar-refractivity contribution in [1.82, 2.24) is 9.88 Å². The van der Waals surface area contributed by atoms with Gasteiger partial charge in [0.15, 0.2) is 16.6 Å². The second kappa shape index (κ2) is 10.7. The number of rotatable bonds is 8. The summed E-state index contributed by atoms with van der Waals surface area (Å²) in [6, 6.07) is 9.79. The van der Waals surface area contributed by atoms with Gasteiger partial charge in [0.2, 0.25) is 11.7 Å². The maximum Gasteiger partial charge on any atom is 0.250 e. The lowest BCUT2D eigenvalue weighted by Crippen LogP contribution is -2.35. The highest BCUT2D eigenvalue weighted by molar-refractivity contribution is 7.22. The Morgan fingerprint density at radius 2 is 1.85 bits per heavy atom. The molecule has 0 spiro atoms. The second-order valence-corrected chi connectivity index (χ2v) is 8.52. The number of morpholine rings is 1. The van der Waals surface area contributed by atoms with Crippen LogP contribution < -0.4 is 19.5 Å². The molecule has 0 unspecified atom stereocenters. The number of ether oxygens (including phenoxy) is 4. The number of hydrogen-bond acceptors (Lipinski definition) is 8. The average molecular weight is 470 g/mol. The van der Waals surface area contributed by atoms with Crippen LogP contribution in [0.15, 0.2) is 36.4 Å². The molecule has 2 heterocycles. The molecule has 0 saturated carbocycles. The van der Waals surface area contributed by atoms with E-state index >= 15 is 0 Å². The van der Waals surface area contributed by atoms with E-state index in [0.717, 1.165) is 48.6 Å². The Kier molecular flexibility index (Phi) is 7.43. The summed E-state index contributed by atoms with van der Waals surface area (Å²) in [7, 11) is 4.65. The first-order valence-corrected chi connectivity index (χ1v) is 11.4. The van der Waals surface area contributed by atoms with Gasteiger partial charge in [-0.3, -0.25) is 15.0 Å². The van der Waals surface area contributed by atoms with Gasteiger partial charge in [0.05, 0.1) is 44.8 Å². The second-order valence-electron chi connectivity index (χ2n) is 7.49. The van der Waals surface area contributed by atoms with Gasteiger partial charge in [0, 0.05) is 25.7 Å². The summed E-state index contributed by atoms with van der Waals surface area (Å²) in [5, 5.41) is 3.41. The number of amides is 1. The fourth-order valence-electron chi connectivity index (χ4n) is 3.65. The third-order valence-corrected chi connectivity index (χ3v) is 6.24. The van der Waals surface area contributed by atoms with Crippen LogP contribution in [0.2, 0.25) is 0 Å². The van der Waals surface area contributed by atoms with Crippen LogP contribution >= 0.6 is 11.3 Å². The molecule has 1 saturated heterocycles. The van der Waals surface area contributed by atoms with E-state index in [1.165, 1.54) is 23.0 Å². The molecule has 0 aliphatic carbocycles. The third-order valence-electron chi connectivity index (χ3n) is 5.31. The minimum Gasteiger partial charge on any atom is -0.493 e. The van der Waals surface area contributed by atoms with E-state index in [4.69, 9.17) is 18.9 Å². The standard InChI is InChI=1S/C24H27N3O5S/c1-29-19-12-16(13-20(30-2)23(19)31-3)5-7-22(28)26-24-25-18-6-4-17(14-21(18)33-24)15-27-8-10-32-11-9-27/h4-7,12-14H,8-11,15H2,1-3H3,(H,25,26,28)/b7-5+. The number of fused-ring (bicyclic) bond motifs is 1. The predicted octanol–water partition coefficient (Wildman–Crippen LogP) is 3.81. The normalized spacial score (nSPS) is 14.5. The first-order chi connectivity index (χ1) is 16.1. The van der Waals surface area contributed by atoms with E-state index in [2.05, 4.69) is 27.3 Å². The number of hydrogen-bond donors (Lipinski definition) is 1. The van der Waals surface area contributed by atoms with Crippen LogP contribution in [0.3, 0.4) is 0 Å². The van der Waals surface area contributed by atoms with Crippen LogP contribution in [0.4, 0.5) is 5.13 Å². The molecule has 0 radical (unpaired) electrons. The molecule has 1 aliphatic heterocycles. The fourth-order valence-corrected chi connectivity index (χ4v) is 4.59. The molecule has 1 N–H and O–H groups in total. The smallest absolute Gasteiger partial charge is 0.250 e. The molecule has 1 aliphatic rings. The number of benzene rings is 2. The minimum absolute atomic E-state index is 0.267. The lowest BCUT2D eigenvalue weighted by atomic mass is 10.1. The summed E-state index contributed by atoms with van der Waals surface area (Å²) in [6.45, 7) is 4.34. The first-order valence-electron chi connectivity index (χ1n) is 10.6. The number of nitrogens with one attached hydrogen (secondary N) is 1. The van der Waals surface area contributed by atoms with Gasteiger partial charge in [-0.2, -0.15) is 0 Å². The summed E-state index contributed by atoms with van der Waals surface area (Å²) in [5.74, 6) is 1.28. The summed E-state index contributed by atoms with van der Waals surface area (Å²) in [5.41, 5.74) is 2.85. The molecule has 0 bridgehead atoms. The number of thiazole rings is 1. The van der Waals surface area contributed by atoms with E-state index in [0.29, 0.717) is 22.4 Å². The van der Waals surface area contributed by atoms with Gasteiger partial charge in [0.25, 0.3) is 0 Å². The lowest BCUT2D eigenvalue weighted by Gasteiger charge is -2.26. The Balaban J connectivity index is 1.43. The van der Waals surface area contributed by atoms with Crippen LogP contribution in [0.5, 0.6) is 17.2 Å². The van der Waals surface area contributed by atoms with E-state index in [1.807, 2.05) is 6.07 Å². The van der Waals surface area contributed by atoms with Crippen molar-refractivity contribution >= 4 is 38.7 Å². The summed E-state index contributed by atoms with van der Waals surface area (Å²) in [4.78, 5) is 19.4. The number of methoxy groups -OCH3 is 3. The topological polar surface area (TPSA) is 82.2 Å². The predicted molar refractivity (Wildman–Crippen MR) is 129 cm³/mol. The quantitative estimate of drug-likeness (QED) is 0.503. The van der Waals surface area contributed by atoms with Crippen LogP contribution in [-0.2, 0) is 16.1 Å². The molecule has 0 atom stereocenters. The molecular weight excluding hydrogens is 442 g/mol. The SMILES string of the molecule is COc1cc(/C=C/C(=O)Nc2nc3ccc(CN4CCOCC4)cc3s2)cc(OC)c1OC. The van der Waals surface area contributed by atoms with Gasteiger partial charge in [0.1, 0.15) is 0 Å². The molecule has 3 aromatic rings. The monoisotopic (exact) mass is 469 g/mol. The number of carbonyl (C=O) groups is 1.